The topological polar surface area (TPSA) is 61.4 Å². The molecule has 4 rings (SSSR count). The van der Waals surface area contributed by atoms with Crippen LogP contribution < -0.4 is 10.6 Å². The van der Waals surface area contributed by atoms with Gasteiger partial charge in [-0.25, -0.2) is 0 Å². The molecule has 0 bridgehead atoms. The molecule has 1 aliphatic heterocycles. The second kappa shape index (κ2) is 8.78. The van der Waals surface area contributed by atoms with E-state index in [1.54, 1.807) is 12.1 Å². The lowest BCUT2D eigenvalue weighted by Crippen LogP contribution is -2.35. The number of rotatable bonds is 5. The van der Waals surface area contributed by atoms with Gasteiger partial charge in [-0.05, 0) is 48.9 Å². The summed E-state index contributed by atoms with van der Waals surface area (Å²) in [6, 6.07) is 21.2. The summed E-state index contributed by atoms with van der Waals surface area (Å²) in [5.41, 5.74) is 2.18. The van der Waals surface area contributed by atoms with Crippen molar-refractivity contribution >= 4 is 34.0 Å². The first-order chi connectivity index (χ1) is 14.2. The SMILES string of the molecule is O=C(CNc1cccc2ccccc12)Nc1cccc(C(=O)N2CCCCC2)c1. The largest absolute Gasteiger partial charge is 0.376 e. The average Bonchev–Trinajstić information content (AvgIpc) is 2.78. The molecule has 0 saturated carbocycles. The van der Waals surface area contributed by atoms with Crippen LogP contribution in [-0.4, -0.2) is 36.3 Å². The Balaban J connectivity index is 1.39. The van der Waals surface area contributed by atoms with Gasteiger partial charge in [-0.1, -0.05) is 42.5 Å². The van der Waals surface area contributed by atoms with Crippen LogP contribution in [0, 0.1) is 0 Å². The second-order valence-corrected chi connectivity index (χ2v) is 7.36. The molecule has 5 heteroatoms. The van der Waals surface area contributed by atoms with Gasteiger partial charge in [-0.3, -0.25) is 9.59 Å². The van der Waals surface area contributed by atoms with E-state index in [1.165, 1.54) is 6.42 Å². The zero-order valence-electron chi connectivity index (χ0n) is 16.4. The molecule has 0 unspecified atom stereocenters. The zero-order valence-corrected chi connectivity index (χ0v) is 16.4. The maximum Gasteiger partial charge on any atom is 0.253 e. The standard InChI is InChI=1S/C24H25N3O2/c28-23(17-25-22-13-7-9-18-8-2-3-12-21(18)22)26-20-11-6-10-19(16-20)24(29)27-14-4-1-5-15-27/h2-3,6-13,16,25H,1,4-5,14-15,17H2,(H,26,28). The van der Waals surface area contributed by atoms with Crippen molar-refractivity contribution in [3.63, 3.8) is 0 Å². The lowest BCUT2D eigenvalue weighted by molar-refractivity contribution is -0.114. The lowest BCUT2D eigenvalue weighted by atomic mass is 10.1. The van der Waals surface area contributed by atoms with E-state index in [0.717, 1.165) is 42.4 Å². The number of carbonyl (C=O) groups is 2. The number of hydrogen-bond acceptors (Lipinski definition) is 3. The highest BCUT2D eigenvalue weighted by Gasteiger charge is 2.18. The quantitative estimate of drug-likeness (QED) is 0.677. The summed E-state index contributed by atoms with van der Waals surface area (Å²) < 4.78 is 0. The van der Waals surface area contributed by atoms with Crippen molar-refractivity contribution < 1.29 is 9.59 Å². The van der Waals surface area contributed by atoms with Crippen LogP contribution in [0.5, 0.6) is 0 Å². The summed E-state index contributed by atoms with van der Waals surface area (Å²) in [5, 5.41) is 8.30. The molecule has 1 fully saturated rings. The Hall–Kier alpha value is -3.34. The molecular weight excluding hydrogens is 362 g/mol. The summed E-state index contributed by atoms with van der Waals surface area (Å²) in [6.07, 6.45) is 3.30. The number of fused-ring (bicyclic) bond motifs is 1. The maximum atomic E-state index is 12.7. The number of nitrogens with zero attached hydrogens (tertiary/aromatic N) is 1. The fourth-order valence-corrected chi connectivity index (χ4v) is 3.77. The van der Waals surface area contributed by atoms with E-state index < -0.39 is 0 Å². The van der Waals surface area contributed by atoms with Gasteiger partial charge in [0.2, 0.25) is 5.91 Å². The summed E-state index contributed by atoms with van der Waals surface area (Å²) in [6.45, 7) is 1.77. The second-order valence-electron chi connectivity index (χ2n) is 7.36. The average molecular weight is 387 g/mol. The summed E-state index contributed by atoms with van der Waals surface area (Å²) >= 11 is 0. The van der Waals surface area contributed by atoms with Crippen LogP contribution in [0.25, 0.3) is 10.8 Å². The molecule has 148 valence electrons. The Bertz CT molecular complexity index is 1020. The van der Waals surface area contributed by atoms with Crippen molar-refractivity contribution in [2.24, 2.45) is 0 Å². The van der Waals surface area contributed by atoms with Gasteiger partial charge in [0, 0.05) is 35.4 Å². The first kappa shape index (κ1) is 19.0. The molecule has 2 amide bonds. The Kier molecular flexibility index (Phi) is 5.75. The van der Waals surface area contributed by atoms with E-state index >= 15 is 0 Å². The van der Waals surface area contributed by atoms with Gasteiger partial charge in [0.1, 0.15) is 0 Å². The van der Waals surface area contributed by atoms with Gasteiger partial charge >= 0.3 is 0 Å². The van der Waals surface area contributed by atoms with Gasteiger partial charge in [-0.15, -0.1) is 0 Å². The summed E-state index contributed by atoms with van der Waals surface area (Å²) in [5.74, 6) is -0.116. The van der Waals surface area contributed by atoms with Crippen LogP contribution in [0.1, 0.15) is 29.6 Å². The fraction of sp³-hybridized carbons (Fsp3) is 0.250. The van der Waals surface area contributed by atoms with Crippen LogP contribution in [0.15, 0.2) is 66.7 Å². The van der Waals surface area contributed by atoms with Crippen molar-refractivity contribution in [1.29, 1.82) is 0 Å². The van der Waals surface area contributed by atoms with Crippen LogP contribution in [-0.2, 0) is 4.79 Å². The molecule has 3 aromatic rings. The normalized spacial score (nSPS) is 13.9. The molecule has 1 saturated heterocycles. The van der Waals surface area contributed by atoms with E-state index in [-0.39, 0.29) is 18.4 Å². The number of carbonyl (C=O) groups excluding carboxylic acids is 2. The maximum absolute atomic E-state index is 12.7. The van der Waals surface area contributed by atoms with Gasteiger partial charge < -0.3 is 15.5 Å². The lowest BCUT2D eigenvalue weighted by Gasteiger charge is -2.26. The molecule has 0 aromatic heterocycles. The van der Waals surface area contributed by atoms with Crippen LogP contribution >= 0.6 is 0 Å². The van der Waals surface area contributed by atoms with Crippen LogP contribution in [0.3, 0.4) is 0 Å². The monoisotopic (exact) mass is 387 g/mol. The van der Waals surface area contributed by atoms with Crippen molar-refractivity contribution in [3.05, 3.63) is 72.3 Å². The highest BCUT2D eigenvalue weighted by atomic mass is 16.2. The van der Waals surface area contributed by atoms with E-state index in [4.69, 9.17) is 0 Å². The fourth-order valence-electron chi connectivity index (χ4n) is 3.77. The third-order valence-electron chi connectivity index (χ3n) is 5.27. The number of likely N-dealkylation sites (tertiary alicyclic amines) is 1. The Morgan fingerprint density at radius 3 is 2.48 bits per heavy atom. The zero-order chi connectivity index (χ0) is 20.1. The highest BCUT2D eigenvalue weighted by molar-refractivity contribution is 5.99. The molecule has 1 heterocycles. The van der Waals surface area contributed by atoms with Gasteiger partial charge in [0.05, 0.1) is 6.54 Å². The van der Waals surface area contributed by atoms with E-state index in [0.29, 0.717) is 11.3 Å². The molecule has 0 aliphatic carbocycles. The number of anilines is 2. The predicted octanol–water partition coefficient (Wildman–Crippen LogP) is 4.52. The number of nitrogens with one attached hydrogen (secondary N) is 2. The Morgan fingerprint density at radius 2 is 1.62 bits per heavy atom. The molecule has 2 N–H and O–H groups in total. The number of benzene rings is 3. The highest BCUT2D eigenvalue weighted by Crippen LogP contribution is 2.23. The molecule has 29 heavy (non-hydrogen) atoms. The molecule has 1 aliphatic rings. The Labute approximate surface area is 170 Å². The molecule has 0 radical (unpaired) electrons. The summed E-state index contributed by atoms with van der Waals surface area (Å²) in [7, 11) is 0. The molecular formula is C24H25N3O2. The van der Waals surface area contributed by atoms with Gasteiger partial charge in [0.25, 0.3) is 5.91 Å². The van der Waals surface area contributed by atoms with Crippen LogP contribution in [0.4, 0.5) is 11.4 Å². The van der Waals surface area contributed by atoms with E-state index in [1.807, 2.05) is 59.5 Å². The Morgan fingerprint density at radius 1 is 0.862 bits per heavy atom. The van der Waals surface area contributed by atoms with Crippen molar-refractivity contribution in [2.45, 2.75) is 19.3 Å². The first-order valence-electron chi connectivity index (χ1n) is 10.1. The number of amides is 2. The number of hydrogen-bond donors (Lipinski definition) is 2. The minimum atomic E-state index is -0.152. The molecule has 3 aromatic carbocycles. The van der Waals surface area contributed by atoms with Crippen molar-refractivity contribution in [3.8, 4) is 0 Å². The minimum Gasteiger partial charge on any atom is -0.376 e. The van der Waals surface area contributed by atoms with E-state index in [2.05, 4.69) is 10.6 Å². The van der Waals surface area contributed by atoms with E-state index in [9.17, 15) is 9.59 Å². The van der Waals surface area contributed by atoms with Crippen molar-refractivity contribution in [2.75, 3.05) is 30.3 Å². The first-order valence-corrected chi connectivity index (χ1v) is 10.1. The molecule has 5 nitrogen and oxygen atoms in total. The smallest absolute Gasteiger partial charge is 0.253 e. The van der Waals surface area contributed by atoms with Crippen molar-refractivity contribution in [1.82, 2.24) is 4.90 Å². The molecule has 0 atom stereocenters. The summed E-state index contributed by atoms with van der Waals surface area (Å²) in [4.78, 5) is 27.0. The molecule has 0 spiro atoms. The number of piperidine rings is 1. The van der Waals surface area contributed by atoms with Gasteiger partial charge in [0.15, 0.2) is 0 Å². The minimum absolute atomic E-state index is 0.0367. The van der Waals surface area contributed by atoms with Crippen LogP contribution in [0.2, 0.25) is 0 Å². The third-order valence-corrected chi connectivity index (χ3v) is 5.27. The van der Waals surface area contributed by atoms with Gasteiger partial charge in [-0.2, -0.15) is 0 Å². The third kappa shape index (κ3) is 4.57. The predicted molar refractivity (Wildman–Crippen MR) is 117 cm³/mol.